The Labute approximate surface area is 169 Å². The third-order valence-electron chi connectivity index (χ3n) is 4.72. The minimum absolute atomic E-state index is 0.0640. The van der Waals surface area contributed by atoms with Crippen LogP contribution in [0.15, 0.2) is 47.4 Å². The van der Waals surface area contributed by atoms with Crippen molar-refractivity contribution in [2.45, 2.75) is 30.6 Å². The summed E-state index contributed by atoms with van der Waals surface area (Å²) in [5.74, 6) is -0.792. The summed E-state index contributed by atoms with van der Waals surface area (Å²) in [6.07, 6.45) is 3.14. The van der Waals surface area contributed by atoms with Gasteiger partial charge in [-0.2, -0.15) is 4.31 Å². The number of hydrogen-bond donors (Lipinski definition) is 1. The maximum absolute atomic E-state index is 13.2. The first-order valence-electron chi connectivity index (χ1n) is 9.20. The van der Waals surface area contributed by atoms with Crippen LogP contribution in [0.25, 0.3) is 0 Å². The molecule has 1 N–H and O–H groups in total. The number of hydrogen-bond acceptors (Lipinski definition) is 3. The number of amides is 1. The van der Waals surface area contributed by atoms with E-state index < -0.39 is 15.9 Å². The van der Waals surface area contributed by atoms with Gasteiger partial charge in [-0.1, -0.05) is 30.2 Å². The summed E-state index contributed by atoms with van der Waals surface area (Å²) in [5.41, 5.74) is 0.867. The molecule has 150 valence electrons. The lowest BCUT2D eigenvalue weighted by Gasteiger charge is -2.26. The van der Waals surface area contributed by atoms with Crippen LogP contribution in [-0.4, -0.2) is 38.3 Å². The molecule has 2 aromatic carbocycles. The Morgan fingerprint density at radius 3 is 2.57 bits per heavy atom. The molecular weight excluding hydrogens is 403 g/mol. The molecule has 2 aromatic rings. The van der Waals surface area contributed by atoms with Crippen molar-refractivity contribution in [2.75, 3.05) is 19.6 Å². The minimum atomic E-state index is -3.65. The van der Waals surface area contributed by atoms with E-state index >= 15 is 0 Å². The van der Waals surface area contributed by atoms with Gasteiger partial charge < -0.3 is 5.32 Å². The highest BCUT2D eigenvalue weighted by Gasteiger charge is 2.27. The van der Waals surface area contributed by atoms with Crippen molar-refractivity contribution in [1.29, 1.82) is 0 Å². The largest absolute Gasteiger partial charge is 0.352 e. The Morgan fingerprint density at radius 2 is 1.86 bits per heavy atom. The number of piperidine rings is 1. The Kier molecular flexibility index (Phi) is 6.69. The van der Waals surface area contributed by atoms with Crippen molar-refractivity contribution in [3.63, 3.8) is 0 Å². The van der Waals surface area contributed by atoms with Crippen molar-refractivity contribution >= 4 is 27.5 Å². The molecule has 0 spiro atoms. The lowest BCUT2D eigenvalue weighted by atomic mass is 10.1. The van der Waals surface area contributed by atoms with Gasteiger partial charge in [-0.25, -0.2) is 12.8 Å². The number of carbonyl (C=O) groups is 1. The molecule has 8 heteroatoms. The third kappa shape index (κ3) is 4.90. The van der Waals surface area contributed by atoms with Gasteiger partial charge in [-0.05, 0) is 55.2 Å². The predicted molar refractivity (Wildman–Crippen MR) is 106 cm³/mol. The van der Waals surface area contributed by atoms with E-state index in [1.54, 1.807) is 12.1 Å². The Balaban J connectivity index is 1.70. The summed E-state index contributed by atoms with van der Waals surface area (Å²) in [4.78, 5) is 12.6. The molecule has 0 radical (unpaired) electrons. The van der Waals surface area contributed by atoms with Crippen LogP contribution in [0.5, 0.6) is 0 Å². The van der Waals surface area contributed by atoms with E-state index in [0.717, 1.165) is 24.8 Å². The van der Waals surface area contributed by atoms with E-state index in [-0.39, 0.29) is 27.8 Å². The predicted octanol–water partition coefficient (Wildman–Crippen LogP) is 3.63. The summed E-state index contributed by atoms with van der Waals surface area (Å²) in [6, 6.07) is 10.3. The van der Waals surface area contributed by atoms with Crippen LogP contribution < -0.4 is 5.32 Å². The molecule has 0 aromatic heterocycles. The van der Waals surface area contributed by atoms with Crippen molar-refractivity contribution < 1.29 is 17.6 Å². The molecule has 1 fully saturated rings. The van der Waals surface area contributed by atoms with Crippen LogP contribution in [0.2, 0.25) is 5.02 Å². The number of nitrogens with zero attached hydrogens (tertiary/aromatic N) is 1. The SMILES string of the molecule is O=C(NCCc1cccc(F)c1)c1cc(S(=O)(=O)N2CCCCC2)ccc1Cl. The number of rotatable bonds is 6. The molecule has 0 atom stereocenters. The highest BCUT2D eigenvalue weighted by atomic mass is 35.5. The van der Waals surface area contributed by atoms with Gasteiger partial charge in [-0.15, -0.1) is 0 Å². The van der Waals surface area contributed by atoms with Gasteiger partial charge in [0, 0.05) is 19.6 Å². The molecule has 0 saturated carbocycles. The van der Waals surface area contributed by atoms with Gasteiger partial charge >= 0.3 is 0 Å². The average molecular weight is 425 g/mol. The molecule has 1 heterocycles. The van der Waals surface area contributed by atoms with Crippen molar-refractivity contribution in [2.24, 2.45) is 0 Å². The molecule has 0 aliphatic carbocycles. The van der Waals surface area contributed by atoms with Gasteiger partial charge in [0.1, 0.15) is 5.82 Å². The monoisotopic (exact) mass is 424 g/mol. The van der Waals surface area contributed by atoms with E-state index in [1.807, 2.05) is 0 Å². The second-order valence-corrected chi connectivity index (χ2v) is 9.09. The van der Waals surface area contributed by atoms with Crippen LogP contribution in [0.3, 0.4) is 0 Å². The fraction of sp³-hybridized carbons (Fsp3) is 0.350. The fourth-order valence-electron chi connectivity index (χ4n) is 3.20. The zero-order chi connectivity index (χ0) is 20.1. The fourth-order valence-corrected chi connectivity index (χ4v) is 4.95. The molecule has 0 unspecified atom stereocenters. The standard InChI is InChI=1S/C20H22ClFN2O3S/c21-19-8-7-17(28(26,27)24-11-2-1-3-12-24)14-18(19)20(25)23-10-9-15-5-4-6-16(22)13-15/h4-8,13-14H,1-3,9-12H2,(H,23,25). The Hall–Kier alpha value is -1.96. The third-order valence-corrected chi connectivity index (χ3v) is 6.95. The average Bonchev–Trinajstić information content (AvgIpc) is 2.69. The van der Waals surface area contributed by atoms with E-state index in [2.05, 4.69) is 5.32 Å². The second kappa shape index (κ2) is 9.03. The van der Waals surface area contributed by atoms with Gasteiger partial charge in [0.15, 0.2) is 0 Å². The topological polar surface area (TPSA) is 66.5 Å². The molecular formula is C20H22ClFN2O3S. The number of halogens is 2. The smallest absolute Gasteiger partial charge is 0.252 e. The molecule has 1 amide bonds. The molecule has 3 rings (SSSR count). The Bertz CT molecular complexity index is 960. The molecule has 5 nitrogen and oxygen atoms in total. The van der Waals surface area contributed by atoms with Crippen LogP contribution in [0.1, 0.15) is 35.2 Å². The molecule has 1 aliphatic rings. The Morgan fingerprint density at radius 1 is 1.11 bits per heavy atom. The highest BCUT2D eigenvalue weighted by molar-refractivity contribution is 7.89. The molecule has 28 heavy (non-hydrogen) atoms. The zero-order valence-corrected chi connectivity index (χ0v) is 16.9. The van der Waals surface area contributed by atoms with Crippen molar-refractivity contribution in [3.05, 3.63) is 64.4 Å². The summed E-state index contributed by atoms with van der Waals surface area (Å²) in [5, 5.41) is 2.89. The number of carbonyl (C=O) groups excluding carboxylic acids is 1. The van der Waals surface area contributed by atoms with Crippen LogP contribution in [-0.2, 0) is 16.4 Å². The van der Waals surface area contributed by atoms with E-state index in [4.69, 9.17) is 11.6 Å². The van der Waals surface area contributed by atoms with Crippen LogP contribution in [0.4, 0.5) is 4.39 Å². The van der Waals surface area contributed by atoms with Crippen molar-refractivity contribution in [3.8, 4) is 0 Å². The normalized spacial score (nSPS) is 15.4. The maximum Gasteiger partial charge on any atom is 0.252 e. The first kappa shape index (κ1) is 20.8. The van der Waals surface area contributed by atoms with E-state index in [0.29, 0.717) is 19.5 Å². The van der Waals surface area contributed by atoms with E-state index in [9.17, 15) is 17.6 Å². The van der Waals surface area contributed by atoms with Crippen molar-refractivity contribution in [1.82, 2.24) is 9.62 Å². The number of sulfonamides is 1. The van der Waals surface area contributed by atoms with Gasteiger partial charge in [0.05, 0.1) is 15.5 Å². The number of nitrogens with one attached hydrogen (secondary N) is 1. The second-order valence-electron chi connectivity index (χ2n) is 6.74. The minimum Gasteiger partial charge on any atom is -0.352 e. The summed E-state index contributed by atoms with van der Waals surface area (Å²) < 4.78 is 40.3. The van der Waals surface area contributed by atoms with Gasteiger partial charge in [-0.3, -0.25) is 4.79 Å². The quantitative estimate of drug-likeness (QED) is 0.770. The molecule has 1 saturated heterocycles. The lowest BCUT2D eigenvalue weighted by molar-refractivity contribution is 0.0954. The first-order chi connectivity index (χ1) is 13.4. The maximum atomic E-state index is 13.2. The zero-order valence-electron chi connectivity index (χ0n) is 15.3. The summed E-state index contributed by atoms with van der Waals surface area (Å²) in [6.45, 7) is 1.25. The number of benzene rings is 2. The van der Waals surface area contributed by atoms with Gasteiger partial charge in [0.2, 0.25) is 10.0 Å². The highest BCUT2D eigenvalue weighted by Crippen LogP contribution is 2.25. The van der Waals surface area contributed by atoms with Crippen LogP contribution in [0, 0.1) is 5.82 Å². The molecule has 1 aliphatic heterocycles. The summed E-state index contributed by atoms with van der Waals surface area (Å²) in [7, 11) is -3.65. The lowest BCUT2D eigenvalue weighted by Crippen LogP contribution is -2.35. The van der Waals surface area contributed by atoms with E-state index in [1.165, 1.54) is 34.6 Å². The summed E-state index contributed by atoms with van der Waals surface area (Å²) >= 11 is 6.12. The van der Waals surface area contributed by atoms with Gasteiger partial charge in [0.25, 0.3) is 5.91 Å². The molecule has 0 bridgehead atoms. The van der Waals surface area contributed by atoms with Crippen LogP contribution >= 0.6 is 11.6 Å². The first-order valence-corrected chi connectivity index (χ1v) is 11.0.